The van der Waals surface area contributed by atoms with Crippen LogP contribution in [-0.2, 0) is 0 Å². The van der Waals surface area contributed by atoms with Gasteiger partial charge in [-0.05, 0) is 17.9 Å². The topological polar surface area (TPSA) is 52.8 Å². The van der Waals surface area contributed by atoms with Gasteiger partial charge in [0.2, 0.25) is 5.21 Å². The lowest BCUT2D eigenvalue weighted by Crippen LogP contribution is -2.16. The van der Waals surface area contributed by atoms with E-state index in [1.54, 1.807) is 0 Å². The highest BCUT2D eigenvalue weighted by molar-refractivity contribution is 4.98. The maximum atomic E-state index is 4.01. The van der Waals surface area contributed by atoms with Gasteiger partial charge in [0, 0.05) is 5.92 Å². The Morgan fingerprint density at radius 1 is 1.25 bits per heavy atom. The molecule has 4 nitrogen and oxygen atoms in total. The van der Waals surface area contributed by atoms with Crippen LogP contribution in [-0.4, -0.2) is 15.5 Å². The highest BCUT2D eigenvalue weighted by atomic mass is 15.4. The normalized spacial score (nSPS) is 19.3. The van der Waals surface area contributed by atoms with E-state index in [9.17, 15) is 0 Å². The summed E-state index contributed by atoms with van der Waals surface area (Å²) in [6, 6.07) is 0. The molecule has 1 N–H and O–H groups in total. The molecular weight excluding hydrogens is 152 g/mol. The van der Waals surface area contributed by atoms with E-state index < -0.39 is 0 Å². The number of aromatic nitrogens is 4. The van der Waals surface area contributed by atoms with Crippen LogP contribution in [0.3, 0.4) is 0 Å². The van der Waals surface area contributed by atoms with Gasteiger partial charge < -0.3 is 0 Å². The quantitative estimate of drug-likeness (QED) is 0.616. The lowest BCUT2D eigenvalue weighted by Gasteiger charge is -2.18. The van der Waals surface area contributed by atoms with Crippen molar-refractivity contribution in [3.05, 3.63) is 11.9 Å². The Bertz CT molecular complexity index is 230. The van der Waals surface area contributed by atoms with E-state index >= 15 is 0 Å². The van der Waals surface area contributed by atoms with Crippen molar-refractivity contribution in [2.45, 2.75) is 38.0 Å². The van der Waals surface area contributed by atoms with Gasteiger partial charge in [0.1, 0.15) is 11.9 Å². The van der Waals surface area contributed by atoms with Crippen LogP contribution in [0.25, 0.3) is 0 Å². The SMILES string of the molecule is c1[nH+]nnnc1C1CCCCC1. The third-order valence-corrected chi connectivity index (χ3v) is 2.50. The third-order valence-electron chi connectivity index (χ3n) is 2.50. The number of hydrogen-bond acceptors (Lipinski definition) is 3. The van der Waals surface area contributed by atoms with Gasteiger partial charge in [-0.1, -0.05) is 19.3 Å². The Hall–Kier alpha value is -1.06. The first-order valence-electron chi connectivity index (χ1n) is 4.53. The van der Waals surface area contributed by atoms with E-state index in [4.69, 9.17) is 0 Å². The average molecular weight is 165 g/mol. The predicted octanol–water partition coefficient (Wildman–Crippen LogP) is 0.733. The molecule has 64 valence electrons. The minimum absolute atomic E-state index is 0.616. The standard InChI is InChI=1S/C8H12N4/c1-2-4-7(5-3-1)8-6-9-11-12-10-8/h6-7H,1-5H2/p+1. The lowest BCUT2D eigenvalue weighted by atomic mass is 9.87. The summed E-state index contributed by atoms with van der Waals surface area (Å²) >= 11 is 0. The molecule has 0 amide bonds. The molecule has 4 heteroatoms. The van der Waals surface area contributed by atoms with E-state index in [1.807, 2.05) is 6.20 Å². The van der Waals surface area contributed by atoms with Crippen LogP contribution < -0.4 is 5.10 Å². The molecule has 1 aromatic rings. The summed E-state index contributed by atoms with van der Waals surface area (Å²) in [5, 5.41) is 13.9. The first-order chi connectivity index (χ1) is 5.97. The Morgan fingerprint density at radius 3 is 2.75 bits per heavy atom. The minimum Gasteiger partial charge on any atom is -0.147 e. The van der Waals surface area contributed by atoms with Crippen molar-refractivity contribution in [2.75, 3.05) is 0 Å². The van der Waals surface area contributed by atoms with Crippen molar-refractivity contribution in [1.29, 1.82) is 0 Å². The van der Waals surface area contributed by atoms with E-state index in [0.717, 1.165) is 5.69 Å². The fourth-order valence-corrected chi connectivity index (χ4v) is 1.82. The van der Waals surface area contributed by atoms with Crippen molar-refractivity contribution >= 4 is 0 Å². The van der Waals surface area contributed by atoms with Gasteiger partial charge in [-0.15, -0.1) is 5.10 Å². The zero-order chi connectivity index (χ0) is 8.23. The largest absolute Gasteiger partial charge is 0.203 e. The van der Waals surface area contributed by atoms with Gasteiger partial charge in [-0.2, -0.15) is 0 Å². The maximum absolute atomic E-state index is 4.01. The molecule has 0 unspecified atom stereocenters. The van der Waals surface area contributed by atoms with E-state index in [0.29, 0.717) is 5.92 Å². The highest BCUT2D eigenvalue weighted by Gasteiger charge is 2.18. The molecule has 1 heterocycles. The molecule has 0 spiro atoms. The summed E-state index contributed by atoms with van der Waals surface area (Å²) in [6.45, 7) is 0. The van der Waals surface area contributed by atoms with Crippen molar-refractivity contribution in [2.24, 2.45) is 0 Å². The fourth-order valence-electron chi connectivity index (χ4n) is 1.82. The monoisotopic (exact) mass is 165 g/mol. The van der Waals surface area contributed by atoms with Crippen LogP contribution in [0, 0.1) is 0 Å². The van der Waals surface area contributed by atoms with Gasteiger partial charge >= 0.3 is 0 Å². The minimum atomic E-state index is 0.616. The highest BCUT2D eigenvalue weighted by Crippen LogP contribution is 2.30. The van der Waals surface area contributed by atoms with Crippen LogP contribution in [0.5, 0.6) is 0 Å². The van der Waals surface area contributed by atoms with Gasteiger partial charge in [0.05, 0.1) is 0 Å². The molecule has 0 aliphatic heterocycles. The first kappa shape index (κ1) is 7.58. The van der Waals surface area contributed by atoms with Crippen molar-refractivity contribution in [3.8, 4) is 0 Å². The summed E-state index contributed by atoms with van der Waals surface area (Å²) in [5.74, 6) is 0.616. The molecule has 1 aliphatic carbocycles. The van der Waals surface area contributed by atoms with Gasteiger partial charge in [0.25, 0.3) is 0 Å². The van der Waals surface area contributed by atoms with Crippen LogP contribution in [0.1, 0.15) is 43.7 Å². The van der Waals surface area contributed by atoms with Crippen LogP contribution in [0.4, 0.5) is 0 Å². The number of aromatic amines is 1. The Morgan fingerprint density at radius 2 is 2.08 bits per heavy atom. The average Bonchev–Trinajstić information content (AvgIpc) is 2.21. The molecule has 0 aromatic carbocycles. The lowest BCUT2D eigenvalue weighted by molar-refractivity contribution is -0.466. The number of hydrogen-bond donors (Lipinski definition) is 0. The molecule has 0 atom stereocenters. The Balaban J connectivity index is 2.08. The van der Waals surface area contributed by atoms with E-state index in [-0.39, 0.29) is 0 Å². The van der Waals surface area contributed by atoms with Gasteiger partial charge in [0.15, 0.2) is 5.21 Å². The number of nitrogens with one attached hydrogen (secondary N) is 1. The fraction of sp³-hybridized carbons (Fsp3) is 0.750. The van der Waals surface area contributed by atoms with Gasteiger partial charge in [-0.25, -0.2) is 0 Å². The molecule has 1 aromatic heterocycles. The summed E-state index contributed by atoms with van der Waals surface area (Å²) in [6.07, 6.45) is 8.41. The molecule has 0 radical (unpaired) electrons. The molecule has 0 bridgehead atoms. The van der Waals surface area contributed by atoms with Gasteiger partial charge in [-0.3, -0.25) is 0 Å². The van der Waals surface area contributed by atoms with Crippen LogP contribution in [0.2, 0.25) is 0 Å². The molecule has 1 fully saturated rings. The van der Waals surface area contributed by atoms with E-state index in [1.165, 1.54) is 32.1 Å². The molecule has 12 heavy (non-hydrogen) atoms. The Kier molecular flexibility index (Phi) is 2.25. The van der Waals surface area contributed by atoms with Crippen molar-refractivity contribution in [1.82, 2.24) is 15.5 Å². The number of nitrogens with zero attached hydrogens (tertiary/aromatic N) is 3. The zero-order valence-electron chi connectivity index (χ0n) is 7.03. The molecular formula is C8H13N4+. The molecule has 2 rings (SSSR count). The Labute approximate surface area is 71.4 Å². The van der Waals surface area contributed by atoms with E-state index in [2.05, 4.69) is 20.6 Å². The van der Waals surface area contributed by atoms with Crippen LogP contribution >= 0.6 is 0 Å². The molecule has 1 aliphatic rings. The zero-order valence-corrected chi connectivity index (χ0v) is 7.03. The molecule has 0 saturated heterocycles. The summed E-state index contributed by atoms with van der Waals surface area (Å²) in [5.41, 5.74) is 1.07. The number of rotatable bonds is 1. The van der Waals surface area contributed by atoms with Crippen molar-refractivity contribution in [3.63, 3.8) is 0 Å². The summed E-state index contributed by atoms with van der Waals surface area (Å²) < 4.78 is 0. The van der Waals surface area contributed by atoms with Crippen molar-refractivity contribution < 1.29 is 5.10 Å². The number of H-pyrrole nitrogens is 1. The molecule has 1 saturated carbocycles. The third kappa shape index (κ3) is 1.57. The first-order valence-corrected chi connectivity index (χ1v) is 4.53. The second-order valence-electron chi connectivity index (χ2n) is 3.32. The summed E-state index contributed by atoms with van der Waals surface area (Å²) in [7, 11) is 0. The van der Waals surface area contributed by atoms with Crippen LogP contribution in [0.15, 0.2) is 6.20 Å². The second-order valence-corrected chi connectivity index (χ2v) is 3.32. The maximum Gasteiger partial charge on any atom is 0.203 e. The second kappa shape index (κ2) is 3.56. The smallest absolute Gasteiger partial charge is 0.147 e. The summed E-state index contributed by atoms with van der Waals surface area (Å²) in [4.78, 5) is 0. The predicted molar refractivity (Wildman–Crippen MR) is 42.2 cm³/mol.